The molecule has 0 bridgehead atoms. The quantitative estimate of drug-likeness (QED) is 0.844. The van der Waals surface area contributed by atoms with E-state index in [1.54, 1.807) is 31.3 Å². The summed E-state index contributed by atoms with van der Waals surface area (Å²) in [5.74, 6) is -0.735. The van der Waals surface area contributed by atoms with E-state index in [1.807, 2.05) is 0 Å². The molecule has 0 saturated carbocycles. The maximum Gasteiger partial charge on any atom is 0.416 e. The summed E-state index contributed by atoms with van der Waals surface area (Å²) in [5, 5.41) is 2.70. The molecule has 0 fully saturated rings. The van der Waals surface area contributed by atoms with Crippen molar-refractivity contribution >= 4 is 5.69 Å². The fraction of sp³-hybridized carbons (Fsp3) is 0.214. The number of hydrogen-bond donors (Lipinski definition) is 1. The molecule has 106 valence electrons. The number of pyridine rings is 1. The molecule has 1 aromatic heterocycles. The summed E-state index contributed by atoms with van der Waals surface area (Å²) < 4.78 is 51.4. The molecule has 2 aromatic rings. The molecule has 0 aliphatic rings. The minimum atomic E-state index is -4.50. The minimum absolute atomic E-state index is 0.196. The number of nitrogens with one attached hydrogen (secondary N) is 1. The van der Waals surface area contributed by atoms with E-state index in [0.29, 0.717) is 11.8 Å². The fourth-order valence-electron chi connectivity index (χ4n) is 1.75. The van der Waals surface area contributed by atoms with Crippen LogP contribution in [0.1, 0.15) is 24.2 Å². The first-order valence-electron chi connectivity index (χ1n) is 5.92. The zero-order valence-electron chi connectivity index (χ0n) is 10.6. The second-order valence-corrected chi connectivity index (χ2v) is 4.31. The van der Waals surface area contributed by atoms with Crippen LogP contribution in [0.3, 0.4) is 0 Å². The SMILES string of the molecule is CC(Nc1cc(C(F)(F)F)ccc1F)c1ccccn1. The first kappa shape index (κ1) is 14.3. The molecule has 1 N–H and O–H groups in total. The van der Waals surface area contributed by atoms with Gasteiger partial charge in [0.15, 0.2) is 0 Å². The lowest BCUT2D eigenvalue weighted by atomic mass is 10.1. The van der Waals surface area contributed by atoms with Gasteiger partial charge in [0.1, 0.15) is 5.82 Å². The van der Waals surface area contributed by atoms with Crippen molar-refractivity contribution in [2.75, 3.05) is 5.32 Å². The van der Waals surface area contributed by atoms with E-state index in [1.165, 1.54) is 0 Å². The predicted octanol–water partition coefficient (Wildman–Crippen LogP) is 4.41. The van der Waals surface area contributed by atoms with Crippen molar-refractivity contribution in [3.8, 4) is 0 Å². The molecule has 1 atom stereocenters. The van der Waals surface area contributed by atoms with Gasteiger partial charge in [-0.1, -0.05) is 6.07 Å². The van der Waals surface area contributed by atoms with Gasteiger partial charge in [-0.15, -0.1) is 0 Å². The van der Waals surface area contributed by atoms with E-state index < -0.39 is 23.6 Å². The molecule has 0 aliphatic carbocycles. The highest BCUT2D eigenvalue weighted by Crippen LogP contribution is 2.32. The third-order valence-corrected chi connectivity index (χ3v) is 2.80. The van der Waals surface area contributed by atoms with Crippen molar-refractivity contribution < 1.29 is 17.6 Å². The zero-order valence-corrected chi connectivity index (χ0v) is 10.6. The van der Waals surface area contributed by atoms with Gasteiger partial charge in [0.2, 0.25) is 0 Å². The van der Waals surface area contributed by atoms with Gasteiger partial charge in [0.25, 0.3) is 0 Å². The monoisotopic (exact) mass is 284 g/mol. The Balaban J connectivity index is 2.25. The summed E-state index contributed by atoms with van der Waals surface area (Å²) in [6, 6.07) is 7.05. The Morgan fingerprint density at radius 1 is 1.15 bits per heavy atom. The Kier molecular flexibility index (Phi) is 3.92. The summed E-state index contributed by atoms with van der Waals surface area (Å²) in [4.78, 5) is 4.07. The second-order valence-electron chi connectivity index (χ2n) is 4.31. The molecule has 2 rings (SSSR count). The molecule has 0 radical (unpaired) electrons. The Morgan fingerprint density at radius 3 is 2.50 bits per heavy atom. The maximum atomic E-state index is 13.6. The Labute approximate surface area is 113 Å². The van der Waals surface area contributed by atoms with Crippen LogP contribution in [0.25, 0.3) is 0 Å². The van der Waals surface area contributed by atoms with E-state index in [2.05, 4.69) is 10.3 Å². The number of aromatic nitrogens is 1. The van der Waals surface area contributed by atoms with E-state index >= 15 is 0 Å². The van der Waals surface area contributed by atoms with Crippen LogP contribution in [0.5, 0.6) is 0 Å². The molecule has 0 aliphatic heterocycles. The van der Waals surface area contributed by atoms with Crippen molar-refractivity contribution in [2.45, 2.75) is 19.1 Å². The molecule has 0 amide bonds. The summed E-state index contributed by atoms with van der Waals surface area (Å²) in [6.07, 6.45) is -2.94. The van der Waals surface area contributed by atoms with Crippen LogP contribution < -0.4 is 5.32 Å². The number of alkyl halides is 3. The highest BCUT2D eigenvalue weighted by molar-refractivity contribution is 5.49. The average molecular weight is 284 g/mol. The second kappa shape index (κ2) is 5.48. The molecule has 1 heterocycles. The molecule has 0 saturated heterocycles. The lowest BCUT2D eigenvalue weighted by Crippen LogP contribution is -2.11. The van der Waals surface area contributed by atoms with Crippen LogP contribution in [0, 0.1) is 5.82 Å². The molecule has 2 nitrogen and oxygen atoms in total. The van der Waals surface area contributed by atoms with Gasteiger partial charge in [0.05, 0.1) is 23.0 Å². The van der Waals surface area contributed by atoms with Gasteiger partial charge in [-0.25, -0.2) is 4.39 Å². The molecular formula is C14H12F4N2. The van der Waals surface area contributed by atoms with Crippen LogP contribution in [-0.2, 0) is 6.18 Å². The van der Waals surface area contributed by atoms with Crippen LogP contribution in [-0.4, -0.2) is 4.98 Å². The van der Waals surface area contributed by atoms with Crippen LogP contribution in [0.2, 0.25) is 0 Å². The normalized spacial score (nSPS) is 13.1. The van der Waals surface area contributed by atoms with Crippen molar-refractivity contribution in [1.82, 2.24) is 4.98 Å². The number of rotatable bonds is 3. The Morgan fingerprint density at radius 2 is 1.90 bits per heavy atom. The topological polar surface area (TPSA) is 24.9 Å². The molecular weight excluding hydrogens is 272 g/mol. The van der Waals surface area contributed by atoms with Crippen molar-refractivity contribution in [2.24, 2.45) is 0 Å². The zero-order chi connectivity index (χ0) is 14.8. The highest BCUT2D eigenvalue weighted by atomic mass is 19.4. The predicted molar refractivity (Wildman–Crippen MR) is 67.7 cm³/mol. The van der Waals surface area contributed by atoms with Gasteiger partial charge < -0.3 is 5.32 Å². The number of nitrogens with zero attached hydrogens (tertiary/aromatic N) is 1. The standard InChI is InChI=1S/C14H12F4N2/c1-9(12-4-2-3-7-19-12)20-13-8-10(14(16,17)18)5-6-11(13)15/h2-9,20H,1H3. The summed E-state index contributed by atoms with van der Waals surface area (Å²) >= 11 is 0. The first-order valence-corrected chi connectivity index (χ1v) is 5.92. The summed E-state index contributed by atoms with van der Waals surface area (Å²) in [5.41, 5.74) is -0.475. The van der Waals surface area contributed by atoms with E-state index in [-0.39, 0.29) is 5.69 Å². The minimum Gasteiger partial charge on any atom is -0.375 e. The molecule has 1 aromatic carbocycles. The smallest absolute Gasteiger partial charge is 0.375 e. The molecule has 1 unspecified atom stereocenters. The fourth-order valence-corrected chi connectivity index (χ4v) is 1.75. The van der Waals surface area contributed by atoms with E-state index in [9.17, 15) is 17.6 Å². The molecule has 6 heteroatoms. The average Bonchev–Trinajstić information content (AvgIpc) is 2.41. The van der Waals surface area contributed by atoms with E-state index in [4.69, 9.17) is 0 Å². The van der Waals surface area contributed by atoms with Crippen molar-refractivity contribution in [3.63, 3.8) is 0 Å². The number of anilines is 1. The van der Waals surface area contributed by atoms with E-state index in [0.717, 1.165) is 12.1 Å². The summed E-state index contributed by atoms with van der Waals surface area (Å²) in [6.45, 7) is 1.70. The van der Waals surface area contributed by atoms with Gasteiger partial charge in [-0.2, -0.15) is 13.2 Å². The number of halogens is 4. The lowest BCUT2D eigenvalue weighted by molar-refractivity contribution is -0.137. The third kappa shape index (κ3) is 3.26. The largest absolute Gasteiger partial charge is 0.416 e. The van der Waals surface area contributed by atoms with Gasteiger partial charge in [-0.3, -0.25) is 4.98 Å². The van der Waals surface area contributed by atoms with Gasteiger partial charge in [0, 0.05) is 6.20 Å². The van der Waals surface area contributed by atoms with Crippen molar-refractivity contribution in [1.29, 1.82) is 0 Å². The number of benzene rings is 1. The van der Waals surface area contributed by atoms with Crippen LogP contribution >= 0.6 is 0 Å². The lowest BCUT2D eigenvalue weighted by Gasteiger charge is -2.16. The maximum absolute atomic E-state index is 13.6. The van der Waals surface area contributed by atoms with Crippen LogP contribution in [0.15, 0.2) is 42.6 Å². The highest BCUT2D eigenvalue weighted by Gasteiger charge is 2.31. The number of hydrogen-bond acceptors (Lipinski definition) is 2. The third-order valence-electron chi connectivity index (χ3n) is 2.80. The molecule has 0 spiro atoms. The summed E-state index contributed by atoms with van der Waals surface area (Å²) in [7, 11) is 0. The van der Waals surface area contributed by atoms with Crippen LogP contribution in [0.4, 0.5) is 23.2 Å². The Bertz CT molecular complexity index is 581. The first-order chi connectivity index (χ1) is 9.38. The van der Waals surface area contributed by atoms with Crippen molar-refractivity contribution in [3.05, 3.63) is 59.7 Å². The Hall–Kier alpha value is -2.11. The van der Waals surface area contributed by atoms with Gasteiger partial charge >= 0.3 is 6.18 Å². The molecule has 20 heavy (non-hydrogen) atoms. The van der Waals surface area contributed by atoms with Gasteiger partial charge in [-0.05, 0) is 37.3 Å².